The Hall–Kier alpha value is -4.68. The number of hydrogen-bond donors (Lipinski definition) is 2. The van der Waals surface area contributed by atoms with Gasteiger partial charge in [0.15, 0.2) is 0 Å². The fourth-order valence-electron chi connectivity index (χ4n) is 5.06. The van der Waals surface area contributed by atoms with Crippen molar-refractivity contribution in [2.75, 3.05) is 31.7 Å². The summed E-state index contributed by atoms with van der Waals surface area (Å²) in [4.78, 5) is 42.0. The first kappa shape index (κ1) is 27.9. The largest absolute Gasteiger partial charge is 0.416 e. The van der Waals surface area contributed by atoms with Crippen LogP contribution < -0.4 is 11.1 Å². The zero-order chi connectivity index (χ0) is 29.5. The number of halogens is 3. The molecule has 10 nitrogen and oxygen atoms in total. The number of fused-ring (bicyclic) bond motifs is 1. The van der Waals surface area contributed by atoms with Gasteiger partial charge in [0.25, 0.3) is 5.91 Å². The number of imidazole rings is 1. The fraction of sp³-hybridized carbons (Fsp3) is 0.321. The highest BCUT2D eigenvalue weighted by atomic mass is 19.4. The molecule has 4 aromatic rings. The summed E-state index contributed by atoms with van der Waals surface area (Å²) in [5.74, 6) is 0.181. The van der Waals surface area contributed by atoms with Crippen LogP contribution in [-0.4, -0.2) is 67.8 Å². The summed E-state index contributed by atoms with van der Waals surface area (Å²) in [5, 5.41) is 2.41. The lowest BCUT2D eigenvalue weighted by atomic mass is 9.93. The number of piperidine rings is 1. The minimum Gasteiger partial charge on any atom is -0.382 e. The molecule has 1 aliphatic heterocycles. The van der Waals surface area contributed by atoms with Gasteiger partial charge in [-0.2, -0.15) is 13.2 Å². The maximum absolute atomic E-state index is 13.0. The highest BCUT2D eigenvalue weighted by Gasteiger charge is 2.34. The van der Waals surface area contributed by atoms with Gasteiger partial charge in [-0.1, -0.05) is 12.1 Å². The Morgan fingerprint density at radius 1 is 1.07 bits per heavy atom. The van der Waals surface area contributed by atoms with E-state index >= 15 is 0 Å². The Bertz CT molecular complexity index is 1600. The number of nitrogen functional groups attached to an aromatic ring is 1. The van der Waals surface area contributed by atoms with Crippen LogP contribution in [0.3, 0.4) is 0 Å². The summed E-state index contributed by atoms with van der Waals surface area (Å²) in [6, 6.07) is 8.14. The Morgan fingerprint density at radius 3 is 2.49 bits per heavy atom. The molecule has 1 aliphatic rings. The molecule has 3 N–H and O–H groups in total. The quantitative estimate of drug-likeness (QED) is 0.363. The Labute approximate surface area is 234 Å². The number of alkyl halides is 3. The summed E-state index contributed by atoms with van der Waals surface area (Å²) in [6.45, 7) is 2.54. The van der Waals surface area contributed by atoms with Crippen LogP contribution in [0.1, 0.15) is 47.4 Å². The smallest absolute Gasteiger partial charge is 0.382 e. The topological polar surface area (TPSA) is 122 Å². The van der Waals surface area contributed by atoms with Crippen molar-refractivity contribution in [1.82, 2.24) is 29.2 Å². The average molecular weight is 567 g/mol. The van der Waals surface area contributed by atoms with Crippen molar-refractivity contribution < 1.29 is 22.8 Å². The lowest BCUT2D eigenvalue weighted by molar-refractivity contribution is -0.137. The van der Waals surface area contributed by atoms with Crippen molar-refractivity contribution in [3.8, 4) is 11.3 Å². The molecule has 3 amide bonds. The molecule has 13 heteroatoms. The first-order valence-electron chi connectivity index (χ1n) is 13.0. The van der Waals surface area contributed by atoms with Gasteiger partial charge in [0.2, 0.25) is 0 Å². The molecule has 0 bridgehead atoms. The van der Waals surface area contributed by atoms with Gasteiger partial charge in [0, 0.05) is 62.3 Å². The molecular weight excluding hydrogens is 537 g/mol. The van der Waals surface area contributed by atoms with Crippen LogP contribution in [-0.2, 0) is 6.18 Å². The number of anilines is 2. The maximum atomic E-state index is 13.0. The van der Waals surface area contributed by atoms with Crippen molar-refractivity contribution >= 4 is 29.1 Å². The zero-order valence-electron chi connectivity index (χ0n) is 22.7. The second kappa shape index (κ2) is 10.7. The summed E-state index contributed by atoms with van der Waals surface area (Å²) in [7, 11) is 3.46. The predicted octanol–water partition coefficient (Wildman–Crippen LogP) is 4.89. The van der Waals surface area contributed by atoms with Gasteiger partial charge >= 0.3 is 12.2 Å². The van der Waals surface area contributed by atoms with E-state index in [1.165, 1.54) is 0 Å². The van der Waals surface area contributed by atoms with Crippen LogP contribution in [0.15, 0.2) is 55.0 Å². The number of carbonyl (C=O) groups excluding carboxylic acids is 2. The number of nitrogens with zero attached hydrogens (tertiary/aromatic N) is 6. The number of benzene rings is 1. The number of nitrogens with two attached hydrogens (primary N) is 1. The van der Waals surface area contributed by atoms with Gasteiger partial charge in [-0.05, 0) is 44.0 Å². The van der Waals surface area contributed by atoms with Crippen LogP contribution in [0, 0.1) is 0 Å². The highest BCUT2D eigenvalue weighted by Crippen LogP contribution is 2.35. The Balaban J connectivity index is 1.43. The van der Waals surface area contributed by atoms with Gasteiger partial charge in [0.05, 0.1) is 5.56 Å². The van der Waals surface area contributed by atoms with Crippen LogP contribution in [0.4, 0.5) is 29.6 Å². The number of amides is 3. The van der Waals surface area contributed by atoms with Crippen LogP contribution >= 0.6 is 0 Å². The number of pyridine rings is 1. The Kier molecular flexibility index (Phi) is 7.28. The third kappa shape index (κ3) is 5.52. The number of urea groups is 1. The molecule has 214 valence electrons. The number of hydrogen-bond acceptors (Lipinski definition) is 6. The molecule has 4 heterocycles. The summed E-state index contributed by atoms with van der Waals surface area (Å²) in [6.07, 6.45) is 1.48. The monoisotopic (exact) mass is 566 g/mol. The molecule has 3 aromatic heterocycles. The van der Waals surface area contributed by atoms with Crippen LogP contribution in [0.5, 0.6) is 0 Å². The van der Waals surface area contributed by atoms with Crippen molar-refractivity contribution in [1.29, 1.82) is 0 Å². The first-order chi connectivity index (χ1) is 19.4. The second-order valence-corrected chi connectivity index (χ2v) is 10.3. The molecule has 5 rings (SSSR count). The fourth-order valence-corrected chi connectivity index (χ4v) is 5.06. The molecule has 41 heavy (non-hydrogen) atoms. The summed E-state index contributed by atoms with van der Waals surface area (Å²) in [5.41, 5.74) is 7.45. The predicted molar refractivity (Wildman–Crippen MR) is 147 cm³/mol. The molecule has 2 atom stereocenters. The van der Waals surface area contributed by atoms with E-state index in [1.54, 1.807) is 55.7 Å². The molecule has 1 aromatic carbocycles. The summed E-state index contributed by atoms with van der Waals surface area (Å²) < 4.78 is 40.9. The molecular formula is C28H29F3N8O2. The Morgan fingerprint density at radius 2 is 1.80 bits per heavy atom. The van der Waals surface area contributed by atoms with Gasteiger partial charge in [-0.15, -0.1) is 0 Å². The molecule has 0 unspecified atom stereocenters. The first-order valence-corrected chi connectivity index (χ1v) is 13.0. The lowest BCUT2D eigenvalue weighted by Gasteiger charge is -2.38. The second-order valence-electron chi connectivity index (χ2n) is 10.3. The van der Waals surface area contributed by atoms with Gasteiger partial charge in [0.1, 0.15) is 28.7 Å². The molecule has 1 fully saturated rings. The van der Waals surface area contributed by atoms with E-state index in [0.717, 1.165) is 37.0 Å². The molecule has 0 aliphatic carbocycles. The third-order valence-corrected chi connectivity index (χ3v) is 7.24. The third-order valence-electron chi connectivity index (χ3n) is 7.24. The van der Waals surface area contributed by atoms with Gasteiger partial charge in [-0.25, -0.2) is 19.7 Å². The van der Waals surface area contributed by atoms with E-state index in [-0.39, 0.29) is 35.2 Å². The average Bonchev–Trinajstić information content (AvgIpc) is 3.33. The summed E-state index contributed by atoms with van der Waals surface area (Å²) >= 11 is 0. The molecule has 0 spiro atoms. The highest BCUT2D eigenvalue weighted by molar-refractivity contribution is 6.04. The standard InChI is InChI=1S/C28H29F3N8O2/c1-16-4-5-19(15-39(16)27(41)37(2)3)25-36-22(23-24(32)34-12-13-38(23)25)17-6-8-18(9-7-17)26(40)35-21-14-20(10-11-33-21)28(29,30)31/h6-14,16,19H,4-5,15H2,1-3H3,(H2,32,34)(H,33,35,40)/t16-,19-/m1/s1. The maximum Gasteiger partial charge on any atom is 0.416 e. The molecule has 0 saturated carbocycles. The van der Waals surface area contributed by atoms with E-state index in [1.807, 2.05) is 16.2 Å². The van der Waals surface area contributed by atoms with E-state index in [4.69, 9.17) is 10.7 Å². The molecule has 1 saturated heterocycles. The van der Waals surface area contributed by atoms with E-state index < -0.39 is 17.6 Å². The normalized spacial score (nSPS) is 17.5. The zero-order valence-corrected chi connectivity index (χ0v) is 22.7. The van der Waals surface area contributed by atoms with Gasteiger partial charge in [-0.3, -0.25) is 9.20 Å². The SMILES string of the molecule is C[C@@H]1CC[C@@H](c2nc(-c3ccc(C(=O)Nc4cc(C(F)(F)F)ccn4)cc3)c3c(N)nccn23)CN1C(=O)N(C)C. The van der Waals surface area contributed by atoms with Crippen molar-refractivity contribution in [2.24, 2.45) is 0 Å². The lowest BCUT2D eigenvalue weighted by Crippen LogP contribution is -2.49. The van der Waals surface area contributed by atoms with E-state index in [9.17, 15) is 22.8 Å². The minimum atomic E-state index is -4.55. The van der Waals surface area contributed by atoms with E-state index in [0.29, 0.717) is 23.3 Å². The number of carbonyl (C=O) groups is 2. The van der Waals surface area contributed by atoms with Crippen LogP contribution in [0.2, 0.25) is 0 Å². The number of likely N-dealkylation sites (tertiary alicyclic amines) is 1. The number of nitrogens with one attached hydrogen (secondary N) is 1. The van der Waals surface area contributed by atoms with E-state index in [2.05, 4.69) is 15.3 Å². The van der Waals surface area contributed by atoms with Gasteiger partial charge < -0.3 is 20.9 Å². The number of aromatic nitrogens is 4. The molecule has 0 radical (unpaired) electrons. The minimum absolute atomic E-state index is 0.0387. The van der Waals surface area contributed by atoms with Crippen molar-refractivity contribution in [3.05, 3.63) is 71.9 Å². The van der Waals surface area contributed by atoms with Crippen molar-refractivity contribution in [3.63, 3.8) is 0 Å². The van der Waals surface area contributed by atoms with Crippen molar-refractivity contribution in [2.45, 2.75) is 37.9 Å². The number of rotatable bonds is 4. The van der Waals surface area contributed by atoms with Crippen LogP contribution in [0.25, 0.3) is 16.8 Å².